The number of nitrogens with zero attached hydrogens (tertiary/aromatic N) is 1. The van der Waals surface area contributed by atoms with Crippen LogP contribution in [0.3, 0.4) is 0 Å². The molecule has 0 unspecified atom stereocenters. The van der Waals surface area contributed by atoms with Crippen LogP contribution in [0.1, 0.15) is 5.56 Å². The lowest BCUT2D eigenvalue weighted by molar-refractivity contribution is 0.630. The summed E-state index contributed by atoms with van der Waals surface area (Å²) in [5, 5.41) is 0. The van der Waals surface area contributed by atoms with Crippen molar-refractivity contribution in [3.63, 3.8) is 0 Å². The molecule has 2 N–H and O–H groups in total. The van der Waals surface area contributed by atoms with Crippen LogP contribution in [0.25, 0.3) is 11.1 Å². The Kier molecular flexibility index (Phi) is 2.37. The lowest BCUT2D eigenvalue weighted by atomic mass is 10.1. The minimum atomic E-state index is -0.340. The Morgan fingerprint density at radius 3 is 2.73 bits per heavy atom. The molecule has 0 saturated heterocycles. The highest BCUT2D eigenvalue weighted by atomic mass is 19.1. The molecular formula is C12H11FN2. The fourth-order valence-electron chi connectivity index (χ4n) is 1.47. The van der Waals surface area contributed by atoms with Crippen LogP contribution in [-0.2, 0) is 0 Å². The van der Waals surface area contributed by atoms with E-state index in [9.17, 15) is 4.39 Å². The van der Waals surface area contributed by atoms with Gasteiger partial charge in [0.1, 0.15) is 11.6 Å². The number of benzene rings is 1. The summed E-state index contributed by atoms with van der Waals surface area (Å²) < 4.78 is 13.5. The van der Waals surface area contributed by atoms with E-state index in [1.807, 2.05) is 31.2 Å². The van der Waals surface area contributed by atoms with Gasteiger partial charge in [0, 0.05) is 17.8 Å². The van der Waals surface area contributed by atoms with Crippen molar-refractivity contribution in [2.24, 2.45) is 0 Å². The van der Waals surface area contributed by atoms with Gasteiger partial charge in [-0.1, -0.05) is 29.8 Å². The van der Waals surface area contributed by atoms with Crippen LogP contribution >= 0.6 is 0 Å². The first-order valence-corrected chi connectivity index (χ1v) is 4.65. The average Bonchev–Trinajstić information content (AvgIpc) is 2.17. The number of hydrogen-bond donors (Lipinski definition) is 1. The first-order chi connectivity index (χ1) is 7.16. The standard InChI is InChI=1S/C12H11FN2/c1-8-3-2-4-9(5-8)10-7-15-12(14)6-11(10)13/h2-7H,1H3,(H2,14,15). The molecule has 1 heterocycles. The molecule has 2 nitrogen and oxygen atoms in total. The Labute approximate surface area is 87.6 Å². The van der Waals surface area contributed by atoms with Gasteiger partial charge in [-0.3, -0.25) is 0 Å². The molecule has 0 aliphatic rings. The van der Waals surface area contributed by atoms with E-state index >= 15 is 0 Å². The number of pyridine rings is 1. The number of nitrogen functional groups attached to an aromatic ring is 1. The van der Waals surface area contributed by atoms with Crippen molar-refractivity contribution < 1.29 is 4.39 Å². The van der Waals surface area contributed by atoms with E-state index in [2.05, 4.69) is 4.98 Å². The number of halogens is 1. The highest BCUT2D eigenvalue weighted by Crippen LogP contribution is 2.23. The Bertz CT molecular complexity index is 495. The van der Waals surface area contributed by atoms with Gasteiger partial charge in [-0.2, -0.15) is 0 Å². The van der Waals surface area contributed by atoms with Crippen LogP contribution in [-0.4, -0.2) is 4.98 Å². The van der Waals surface area contributed by atoms with Crippen LogP contribution in [0.5, 0.6) is 0 Å². The zero-order chi connectivity index (χ0) is 10.8. The van der Waals surface area contributed by atoms with Gasteiger partial charge in [0.15, 0.2) is 0 Å². The molecule has 0 aliphatic carbocycles. The predicted octanol–water partition coefficient (Wildman–Crippen LogP) is 2.78. The van der Waals surface area contributed by atoms with Crippen molar-refractivity contribution in [3.05, 3.63) is 47.9 Å². The van der Waals surface area contributed by atoms with E-state index in [1.165, 1.54) is 12.3 Å². The molecule has 0 amide bonds. The fraction of sp³-hybridized carbons (Fsp3) is 0.0833. The highest BCUT2D eigenvalue weighted by molar-refractivity contribution is 5.64. The SMILES string of the molecule is Cc1cccc(-c2cnc(N)cc2F)c1. The topological polar surface area (TPSA) is 38.9 Å². The fourth-order valence-corrected chi connectivity index (χ4v) is 1.47. The molecule has 3 heteroatoms. The summed E-state index contributed by atoms with van der Waals surface area (Å²) in [6.07, 6.45) is 1.46. The smallest absolute Gasteiger partial charge is 0.136 e. The molecule has 0 radical (unpaired) electrons. The molecule has 2 rings (SSSR count). The Morgan fingerprint density at radius 1 is 1.27 bits per heavy atom. The van der Waals surface area contributed by atoms with Crippen LogP contribution < -0.4 is 5.73 Å². The van der Waals surface area contributed by atoms with Gasteiger partial charge in [0.05, 0.1) is 0 Å². The Morgan fingerprint density at radius 2 is 2.07 bits per heavy atom. The van der Waals surface area contributed by atoms with E-state index in [4.69, 9.17) is 5.73 Å². The molecule has 15 heavy (non-hydrogen) atoms. The van der Waals surface area contributed by atoms with E-state index in [1.54, 1.807) is 0 Å². The largest absolute Gasteiger partial charge is 0.384 e. The van der Waals surface area contributed by atoms with Crippen molar-refractivity contribution in [2.75, 3.05) is 5.73 Å². The summed E-state index contributed by atoms with van der Waals surface area (Å²) in [7, 11) is 0. The molecule has 0 fully saturated rings. The van der Waals surface area contributed by atoms with Crippen LogP contribution in [0.4, 0.5) is 10.2 Å². The van der Waals surface area contributed by atoms with Gasteiger partial charge in [0.25, 0.3) is 0 Å². The van der Waals surface area contributed by atoms with Crippen LogP contribution in [0.15, 0.2) is 36.5 Å². The maximum atomic E-state index is 13.5. The number of rotatable bonds is 1. The van der Waals surface area contributed by atoms with Gasteiger partial charge in [-0.25, -0.2) is 9.37 Å². The molecule has 0 aliphatic heterocycles. The monoisotopic (exact) mass is 202 g/mol. The summed E-state index contributed by atoms with van der Waals surface area (Å²) in [5.41, 5.74) is 7.77. The predicted molar refractivity (Wildman–Crippen MR) is 58.8 cm³/mol. The lowest BCUT2D eigenvalue weighted by Crippen LogP contribution is -1.93. The maximum absolute atomic E-state index is 13.5. The van der Waals surface area contributed by atoms with E-state index in [0.29, 0.717) is 5.56 Å². The van der Waals surface area contributed by atoms with E-state index in [-0.39, 0.29) is 11.6 Å². The summed E-state index contributed by atoms with van der Waals surface area (Å²) in [4.78, 5) is 3.88. The molecular weight excluding hydrogens is 191 g/mol. The number of anilines is 1. The van der Waals surface area contributed by atoms with Crippen molar-refractivity contribution in [1.82, 2.24) is 4.98 Å². The maximum Gasteiger partial charge on any atom is 0.136 e. The second kappa shape index (κ2) is 3.69. The third-order valence-electron chi connectivity index (χ3n) is 2.20. The number of aromatic nitrogens is 1. The Hall–Kier alpha value is -1.90. The lowest BCUT2D eigenvalue weighted by Gasteiger charge is -2.04. The molecule has 0 bridgehead atoms. The summed E-state index contributed by atoms with van der Waals surface area (Å²) in [6, 6.07) is 8.85. The third-order valence-corrected chi connectivity index (χ3v) is 2.20. The molecule has 1 aromatic heterocycles. The first-order valence-electron chi connectivity index (χ1n) is 4.65. The minimum Gasteiger partial charge on any atom is -0.384 e. The summed E-state index contributed by atoms with van der Waals surface area (Å²) in [6.45, 7) is 1.96. The molecule has 0 saturated carbocycles. The number of nitrogens with two attached hydrogens (primary N) is 1. The van der Waals surface area contributed by atoms with Crippen LogP contribution in [0, 0.1) is 12.7 Å². The zero-order valence-electron chi connectivity index (χ0n) is 8.37. The molecule has 0 spiro atoms. The molecule has 2 aromatic rings. The van der Waals surface area contributed by atoms with E-state index < -0.39 is 0 Å². The number of hydrogen-bond acceptors (Lipinski definition) is 2. The Balaban J connectivity index is 2.54. The van der Waals surface area contributed by atoms with Gasteiger partial charge in [-0.15, -0.1) is 0 Å². The molecule has 76 valence electrons. The minimum absolute atomic E-state index is 0.198. The number of aryl methyl sites for hydroxylation is 1. The normalized spacial score (nSPS) is 10.3. The van der Waals surface area contributed by atoms with Crippen molar-refractivity contribution in [2.45, 2.75) is 6.92 Å². The quantitative estimate of drug-likeness (QED) is 0.772. The van der Waals surface area contributed by atoms with Gasteiger partial charge in [-0.05, 0) is 12.5 Å². The van der Waals surface area contributed by atoms with Gasteiger partial charge < -0.3 is 5.73 Å². The van der Waals surface area contributed by atoms with Crippen LogP contribution in [0.2, 0.25) is 0 Å². The zero-order valence-corrected chi connectivity index (χ0v) is 8.37. The van der Waals surface area contributed by atoms with Crippen molar-refractivity contribution in [3.8, 4) is 11.1 Å². The average molecular weight is 202 g/mol. The van der Waals surface area contributed by atoms with Gasteiger partial charge in [0.2, 0.25) is 0 Å². The van der Waals surface area contributed by atoms with E-state index in [0.717, 1.165) is 11.1 Å². The van der Waals surface area contributed by atoms with Crippen molar-refractivity contribution >= 4 is 5.82 Å². The second-order valence-electron chi connectivity index (χ2n) is 3.46. The third kappa shape index (κ3) is 1.96. The summed E-state index contributed by atoms with van der Waals surface area (Å²) in [5.74, 6) is -0.142. The van der Waals surface area contributed by atoms with Gasteiger partial charge >= 0.3 is 0 Å². The molecule has 1 aromatic carbocycles. The first kappa shape index (κ1) is 9.65. The summed E-state index contributed by atoms with van der Waals surface area (Å²) >= 11 is 0. The molecule has 0 atom stereocenters. The van der Waals surface area contributed by atoms with Crippen molar-refractivity contribution in [1.29, 1.82) is 0 Å². The second-order valence-corrected chi connectivity index (χ2v) is 3.46. The highest BCUT2D eigenvalue weighted by Gasteiger charge is 2.05.